The Morgan fingerprint density at radius 1 is 1.26 bits per heavy atom. The predicted octanol–water partition coefficient (Wildman–Crippen LogP) is 1.55. The minimum absolute atomic E-state index is 0.189. The van der Waals surface area contributed by atoms with Crippen molar-refractivity contribution in [2.45, 2.75) is 13.5 Å². The van der Waals surface area contributed by atoms with Gasteiger partial charge in [-0.15, -0.1) is 11.3 Å². The summed E-state index contributed by atoms with van der Waals surface area (Å²) >= 11 is 1.47. The number of piperazine rings is 1. The predicted molar refractivity (Wildman–Crippen MR) is 123 cm³/mol. The van der Waals surface area contributed by atoms with E-state index in [1.165, 1.54) is 11.3 Å². The van der Waals surface area contributed by atoms with Gasteiger partial charge in [0.25, 0.3) is 0 Å². The average Bonchev–Trinajstić information content (AvgIpc) is 3.39. The molecular formula is C20H26N8O2S. The Kier molecular flexibility index (Phi) is 6.63. The summed E-state index contributed by atoms with van der Waals surface area (Å²) in [4.78, 5) is 23.2. The highest BCUT2D eigenvalue weighted by molar-refractivity contribution is 7.15. The van der Waals surface area contributed by atoms with Crippen LogP contribution < -0.4 is 20.5 Å². The van der Waals surface area contributed by atoms with E-state index < -0.39 is 0 Å². The van der Waals surface area contributed by atoms with Crippen LogP contribution >= 0.6 is 11.3 Å². The van der Waals surface area contributed by atoms with Crippen molar-refractivity contribution in [1.82, 2.24) is 20.1 Å². The monoisotopic (exact) mass is 442 g/mol. The lowest BCUT2D eigenvalue weighted by Gasteiger charge is -2.30. The van der Waals surface area contributed by atoms with Crippen molar-refractivity contribution in [2.75, 3.05) is 40.0 Å². The Morgan fingerprint density at radius 3 is 2.84 bits per heavy atom. The molecule has 2 aromatic rings. The normalized spacial score (nSPS) is 17.5. The van der Waals surface area contributed by atoms with Crippen LogP contribution in [0.3, 0.4) is 0 Å². The summed E-state index contributed by atoms with van der Waals surface area (Å²) in [6.07, 6.45) is 3.57. The molecule has 11 heteroatoms. The van der Waals surface area contributed by atoms with Crippen LogP contribution in [0.2, 0.25) is 0 Å². The van der Waals surface area contributed by atoms with Gasteiger partial charge in [-0.1, -0.05) is 6.07 Å². The zero-order chi connectivity index (χ0) is 21.6. The van der Waals surface area contributed by atoms with Crippen molar-refractivity contribution in [1.29, 1.82) is 0 Å². The van der Waals surface area contributed by atoms with Crippen LogP contribution in [0.15, 0.2) is 39.4 Å². The third-order valence-corrected chi connectivity index (χ3v) is 5.60. The van der Waals surface area contributed by atoms with Crippen LogP contribution in [-0.4, -0.2) is 73.1 Å². The van der Waals surface area contributed by atoms with Gasteiger partial charge >= 0.3 is 0 Å². The van der Waals surface area contributed by atoms with Crippen LogP contribution in [0.1, 0.15) is 10.4 Å². The number of nitrogens with two attached hydrogens (primary N) is 1. The fraction of sp³-hybridized carbons (Fsp3) is 0.400. The number of aryl methyl sites for hydroxylation is 1. The molecular weight excluding hydrogens is 416 g/mol. The maximum Gasteiger partial charge on any atom is 0.231 e. The number of likely N-dealkylation sites (N-methyl/N-ethyl adjacent to an activating group) is 1. The number of aliphatic imine (C=N–C) groups is 3. The molecule has 0 unspecified atom stereocenters. The third-order valence-electron chi connectivity index (χ3n) is 4.79. The number of thiazole rings is 1. The molecule has 1 fully saturated rings. The van der Waals surface area contributed by atoms with Gasteiger partial charge in [0.1, 0.15) is 0 Å². The summed E-state index contributed by atoms with van der Waals surface area (Å²) < 4.78 is 10.8. The first-order valence-electron chi connectivity index (χ1n) is 9.98. The number of rotatable bonds is 4. The summed E-state index contributed by atoms with van der Waals surface area (Å²) in [5.41, 5.74) is 7.06. The third kappa shape index (κ3) is 5.92. The van der Waals surface area contributed by atoms with E-state index in [1.807, 2.05) is 25.1 Å². The van der Waals surface area contributed by atoms with Gasteiger partial charge in [0.05, 0.1) is 12.9 Å². The fourth-order valence-electron chi connectivity index (χ4n) is 3.03. The number of hydrogen-bond donors (Lipinski definition) is 2. The lowest BCUT2D eigenvalue weighted by Crippen LogP contribution is -2.44. The zero-order valence-electron chi connectivity index (χ0n) is 17.6. The molecule has 164 valence electrons. The van der Waals surface area contributed by atoms with Gasteiger partial charge in [0.15, 0.2) is 11.5 Å². The molecule has 1 aromatic carbocycles. The van der Waals surface area contributed by atoms with E-state index in [-0.39, 0.29) is 12.8 Å². The molecule has 1 aromatic heterocycles. The van der Waals surface area contributed by atoms with E-state index in [9.17, 15) is 0 Å². The van der Waals surface area contributed by atoms with E-state index in [2.05, 4.69) is 42.1 Å². The molecule has 0 spiro atoms. The quantitative estimate of drug-likeness (QED) is 0.546. The van der Waals surface area contributed by atoms with Gasteiger partial charge in [-0.3, -0.25) is 5.32 Å². The van der Waals surface area contributed by atoms with Crippen molar-refractivity contribution in [3.8, 4) is 11.5 Å². The Morgan fingerprint density at radius 2 is 2.06 bits per heavy atom. The molecule has 0 radical (unpaired) electrons. The van der Waals surface area contributed by atoms with Gasteiger partial charge in [0.2, 0.25) is 23.8 Å². The molecule has 0 saturated carbocycles. The molecule has 2 aliphatic rings. The second-order valence-corrected chi connectivity index (χ2v) is 8.50. The number of benzene rings is 1. The number of aromatic nitrogens is 1. The number of ether oxygens (including phenoxy) is 2. The number of hydrogen-bond acceptors (Lipinski definition) is 7. The van der Waals surface area contributed by atoms with E-state index in [0.29, 0.717) is 17.6 Å². The minimum atomic E-state index is 0.189. The Labute approximate surface area is 185 Å². The largest absolute Gasteiger partial charge is 0.454 e. The van der Waals surface area contributed by atoms with Crippen LogP contribution in [0.4, 0.5) is 5.13 Å². The topological polar surface area (TPSA) is 113 Å². The first-order valence-corrected chi connectivity index (χ1v) is 10.8. The first kappa shape index (κ1) is 21.1. The molecule has 0 amide bonds. The van der Waals surface area contributed by atoms with Gasteiger partial charge in [-0.25, -0.2) is 15.0 Å². The number of fused-ring (bicyclic) bond motifs is 1. The number of guanidine groups is 2. The van der Waals surface area contributed by atoms with Gasteiger partial charge in [-0.05, 0) is 31.7 Å². The summed E-state index contributed by atoms with van der Waals surface area (Å²) in [6.45, 7) is 6.44. The molecule has 10 nitrogen and oxygen atoms in total. The van der Waals surface area contributed by atoms with Crippen LogP contribution in [0.25, 0.3) is 0 Å². The van der Waals surface area contributed by atoms with Crippen molar-refractivity contribution < 1.29 is 9.47 Å². The molecule has 0 bridgehead atoms. The van der Waals surface area contributed by atoms with E-state index in [1.54, 1.807) is 12.5 Å². The average molecular weight is 443 g/mol. The van der Waals surface area contributed by atoms with Crippen LogP contribution in [0.5, 0.6) is 11.5 Å². The molecule has 3 heterocycles. The molecule has 0 aliphatic carbocycles. The maximum atomic E-state index is 6.08. The summed E-state index contributed by atoms with van der Waals surface area (Å²) in [5.74, 6) is 2.04. The zero-order valence-corrected chi connectivity index (χ0v) is 18.4. The molecule has 31 heavy (non-hydrogen) atoms. The fourth-order valence-corrected chi connectivity index (χ4v) is 3.67. The number of nitrogens with one attached hydrogen (secondary N) is 1. The Balaban J connectivity index is 1.48. The Bertz CT molecular complexity index is 995. The SMILES string of the molecule is Cc1cnc(N=C(N)NC(N=CN2CCN(C)CC2)=NCc2ccc3c(c2)OCO3)s1. The second-order valence-electron chi connectivity index (χ2n) is 7.29. The lowest BCUT2D eigenvalue weighted by atomic mass is 10.2. The summed E-state index contributed by atoms with van der Waals surface area (Å²) in [7, 11) is 2.12. The smallest absolute Gasteiger partial charge is 0.231 e. The van der Waals surface area contributed by atoms with E-state index in [4.69, 9.17) is 15.2 Å². The molecule has 2 aliphatic heterocycles. The highest BCUT2D eigenvalue weighted by Gasteiger charge is 2.14. The van der Waals surface area contributed by atoms with Crippen molar-refractivity contribution in [3.63, 3.8) is 0 Å². The van der Waals surface area contributed by atoms with Crippen molar-refractivity contribution >= 4 is 34.7 Å². The summed E-state index contributed by atoms with van der Waals surface area (Å²) in [5, 5.41) is 3.58. The lowest BCUT2D eigenvalue weighted by molar-refractivity contribution is 0.174. The van der Waals surface area contributed by atoms with Crippen molar-refractivity contribution in [2.24, 2.45) is 20.7 Å². The van der Waals surface area contributed by atoms with E-state index >= 15 is 0 Å². The van der Waals surface area contributed by atoms with Gasteiger partial charge < -0.3 is 25.0 Å². The van der Waals surface area contributed by atoms with Crippen LogP contribution in [0, 0.1) is 6.92 Å². The highest BCUT2D eigenvalue weighted by atomic mass is 32.1. The first-order chi connectivity index (χ1) is 15.0. The van der Waals surface area contributed by atoms with Gasteiger partial charge in [-0.2, -0.15) is 4.99 Å². The van der Waals surface area contributed by atoms with Gasteiger partial charge in [0, 0.05) is 37.3 Å². The maximum absolute atomic E-state index is 6.08. The second kappa shape index (κ2) is 9.75. The molecule has 0 atom stereocenters. The molecule has 4 rings (SSSR count). The minimum Gasteiger partial charge on any atom is -0.454 e. The number of nitrogens with zero attached hydrogens (tertiary/aromatic N) is 6. The van der Waals surface area contributed by atoms with Crippen molar-refractivity contribution in [3.05, 3.63) is 34.8 Å². The highest BCUT2D eigenvalue weighted by Crippen LogP contribution is 2.32. The molecule has 1 saturated heterocycles. The van der Waals surface area contributed by atoms with E-state index in [0.717, 1.165) is 48.1 Å². The van der Waals surface area contributed by atoms with Crippen LogP contribution in [-0.2, 0) is 6.54 Å². The molecule has 3 N–H and O–H groups in total. The summed E-state index contributed by atoms with van der Waals surface area (Å²) in [6, 6.07) is 5.76. The standard InChI is InChI=1S/C20H26N8O2S/c1-14-10-23-20(31-14)26-18(21)25-19(24-12-28-7-5-27(2)6-8-28)22-11-15-3-4-16-17(9-15)30-13-29-16/h3-4,9-10,12H,5-8,11,13H2,1-2H3,(H3,21,22,23,25,26). The Hall–Kier alpha value is -3.18.